The summed E-state index contributed by atoms with van der Waals surface area (Å²) in [6.45, 7) is -8.70. The van der Waals surface area contributed by atoms with Crippen LogP contribution >= 0.6 is 11.6 Å². The lowest BCUT2D eigenvalue weighted by atomic mass is 9.72. The Morgan fingerprint density at radius 3 is 2.66 bits per heavy atom. The predicted octanol–water partition coefficient (Wildman–Crippen LogP) is 7.49. The fraction of sp³-hybridized carbons (Fsp3) is 0.333. The minimum absolute atomic E-state index is 0.107. The van der Waals surface area contributed by atoms with Gasteiger partial charge < -0.3 is 19.7 Å². The number of hydrogen-bond acceptors (Lipinski definition) is 5. The van der Waals surface area contributed by atoms with Crippen molar-refractivity contribution in [3.8, 4) is 11.5 Å². The lowest BCUT2D eigenvalue weighted by Gasteiger charge is -2.39. The van der Waals surface area contributed by atoms with Crippen molar-refractivity contribution in [3.05, 3.63) is 88.7 Å². The van der Waals surface area contributed by atoms with E-state index in [9.17, 15) is 9.90 Å². The highest BCUT2D eigenvalue weighted by Gasteiger charge is 2.29. The van der Waals surface area contributed by atoms with Gasteiger partial charge in [0.15, 0.2) is 0 Å². The number of ether oxygens (including phenoxy) is 1. The highest BCUT2D eigenvalue weighted by molar-refractivity contribution is 6.30. The largest absolute Gasteiger partial charge is 0.478 e. The predicted molar refractivity (Wildman–Crippen MR) is 164 cm³/mol. The van der Waals surface area contributed by atoms with Gasteiger partial charge in [-0.3, -0.25) is 4.90 Å². The first kappa shape index (κ1) is 19.3. The summed E-state index contributed by atoms with van der Waals surface area (Å²) >= 11 is 6.14. The van der Waals surface area contributed by atoms with Gasteiger partial charge in [-0.2, -0.15) is 0 Å². The van der Waals surface area contributed by atoms with Gasteiger partial charge in [0.2, 0.25) is 0 Å². The molecule has 0 saturated carbocycles. The second kappa shape index (κ2) is 11.2. The van der Waals surface area contributed by atoms with Crippen molar-refractivity contribution in [2.24, 2.45) is 5.41 Å². The van der Waals surface area contributed by atoms with E-state index in [4.69, 9.17) is 27.3 Å². The molecular weight excluding hydrogens is 536 g/mol. The molecule has 0 spiro atoms. The van der Waals surface area contributed by atoms with Gasteiger partial charge >= 0.3 is 5.97 Å². The molecule has 0 bridgehead atoms. The highest BCUT2D eigenvalue weighted by Crippen LogP contribution is 2.43. The van der Waals surface area contributed by atoms with Crippen LogP contribution in [0.15, 0.2) is 72.6 Å². The number of piperazine rings is 1. The molecule has 0 radical (unpaired) electrons. The van der Waals surface area contributed by atoms with Gasteiger partial charge in [-0.05, 0) is 72.2 Å². The molecule has 3 heterocycles. The Kier molecular flexibility index (Phi) is 5.29. The van der Waals surface area contributed by atoms with Crippen LogP contribution in [0.1, 0.15) is 60.0 Å². The molecule has 0 amide bonds. The summed E-state index contributed by atoms with van der Waals surface area (Å²) in [5.41, 5.74) is 2.18. The van der Waals surface area contributed by atoms with Crippen molar-refractivity contribution in [1.82, 2.24) is 14.9 Å². The molecule has 8 heteroatoms. The summed E-state index contributed by atoms with van der Waals surface area (Å²) in [4.78, 5) is 20.4. The Morgan fingerprint density at radius 1 is 1.12 bits per heavy atom. The molecule has 2 aliphatic rings. The quantitative estimate of drug-likeness (QED) is 0.236. The number of aromatic nitrogens is 2. The van der Waals surface area contributed by atoms with E-state index in [1.54, 1.807) is 30.5 Å². The monoisotopic (exact) mass is 578 g/mol. The zero-order chi connectivity index (χ0) is 35.7. The maximum atomic E-state index is 12.1. The van der Waals surface area contributed by atoms with Gasteiger partial charge in [-0.25, -0.2) is 9.78 Å². The average Bonchev–Trinajstić information content (AvgIpc) is 3.47. The second-order valence-electron chi connectivity index (χ2n) is 11.0. The molecule has 1 saturated heterocycles. The number of rotatable bonds is 7. The number of allylic oxidation sites excluding steroid dienone is 1. The number of carboxylic acid groups (broad SMARTS) is 1. The lowest BCUT2D eigenvalue weighted by molar-refractivity contribution is 0.0694. The molecule has 7 nitrogen and oxygen atoms in total. The normalized spacial score (nSPS) is 25.5. The Balaban J connectivity index is 1.42. The van der Waals surface area contributed by atoms with E-state index in [-0.39, 0.29) is 34.7 Å². The number of aromatic amines is 1. The number of hydrogen-bond donors (Lipinski definition) is 2. The molecular formula is C33H35ClN4O3. The number of nitrogens with one attached hydrogen (secondary N) is 1. The van der Waals surface area contributed by atoms with Crippen molar-refractivity contribution in [2.75, 3.05) is 37.4 Å². The van der Waals surface area contributed by atoms with Crippen LogP contribution in [0.5, 0.6) is 11.5 Å². The third kappa shape index (κ3) is 6.11. The van der Waals surface area contributed by atoms with Crippen molar-refractivity contribution in [2.45, 2.75) is 33.1 Å². The zero-order valence-electron chi connectivity index (χ0n) is 30.7. The summed E-state index contributed by atoms with van der Waals surface area (Å²) in [6.07, 6.45) is 4.81. The smallest absolute Gasteiger partial charge is 0.339 e. The maximum Gasteiger partial charge on any atom is 0.339 e. The molecule has 2 N–H and O–H groups in total. The minimum atomic E-state index is -3.18. The van der Waals surface area contributed by atoms with E-state index in [0.717, 1.165) is 35.8 Å². The van der Waals surface area contributed by atoms with Crippen LogP contribution in [0.3, 0.4) is 0 Å². The Bertz CT molecular complexity index is 1930. The van der Waals surface area contributed by atoms with E-state index in [2.05, 4.69) is 23.8 Å². The molecule has 1 aliphatic carbocycles. The van der Waals surface area contributed by atoms with Crippen molar-refractivity contribution >= 4 is 39.9 Å². The van der Waals surface area contributed by atoms with Gasteiger partial charge in [0.1, 0.15) is 22.7 Å². The molecule has 1 fully saturated rings. The van der Waals surface area contributed by atoms with Gasteiger partial charge in [0.05, 0.1) is 11.7 Å². The molecule has 0 unspecified atom stereocenters. The van der Waals surface area contributed by atoms with E-state index >= 15 is 0 Å². The van der Waals surface area contributed by atoms with Crippen LogP contribution in [-0.4, -0.2) is 58.5 Å². The first-order chi connectivity index (χ1) is 22.8. The third-order valence-corrected chi connectivity index (χ3v) is 7.63. The number of nitrogens with zero attached hydrogens (tertiary/aromatic N) is 3. The molecule has 1 aliphatic heterocycles. The summed E-state index contributed by atoms with van der Waals surface area (Å²) in [5.74, 6) is -1.52. The summed E-state index contributed by atoms with van der Waals surface area (Å²) in [7, 11) is 0. The topological polar surface area (TPSA) is 81.7 Å². The number of halogens is 1. The molecule has 2 aromatic carbocycles. The number of carboxylic acids is 1. The molecule has 6 rings (SSSR count). The fourth-order valence-electron chi connectivity index (χ4n) is 5.15. The third-order valence-electron chi connectivity index (χ3n) is 7.38. The number of benzene rings is 2. The van der Waals surface area contributed by atoms with E-state index in [0.29, 0.717) is 44.3 Å². The number of carbonyl (C=O) groups is 1. The minimum Gasteiger partial charge on any atom is -0.478 e. The average molecular weight is 579 g/mol. The molecule has 212 valence electrons. The van der Waals surface area contributed by atoms with Crippen LogP contribution in [0.4, 0.5) is 5.69 Å². The summed E-state index contributed by atoms with van der Waals surface area (Å²) < 4.78 is 78.5. The van der Waals surface area contributed by atoms with Gasteiger partial charge in [-0.15, -0.1) is 0 Å². The number of aromatic carboxylic acids is 1. The van der Waals surface area contributed by atoms with E-state index in [1.165, 1.54) is 6.20 Å². The van der Waals surface area contributed by atoms with E-state index in [1.807, 2.05) is 12.1 Å². The van der Waals surface area contributed by atoms with Crippen LogP contribution in [0, 0.1) is 5.41 Å². The van der Waals surface area contributed by atoms with Crippen molar-refractivity contribution < 1.29 is 25.6 Å². The fourth-order valence-corrected chi connectivity index (χ4v) is 5.28. The number of H-pyrrole nitrogens is 1. The maximum absolute atomic E-state index is 12.1. The number of fused-ring (bicyclic) bond motifs is 1. The Hall–Kier alpha value is -3.81. The van der Waals surface area contributed by atoms with Crippen molar-refractivity contribution in [3.63, 3.8) is 0 Å². The summed E-state index contributed by atoms with van der Waals surface area (Å²) in [6, 6.07) is 13.8. The van der Waals surface area contributed by atoms with Gasteiger partial charge in [0, 0.05) is 66.4 Å². The van der Waals surface area contributed by atoms with Crippen LogP contribution in [0.2, 0.25) is 5.02 Å². The number of anilines is 1. The number of pyridine rings is 1. The first-order valence-corrected chi connectivity index (χ1v) is 13.7. The zero-order valence-corrected chi connectivity index (χ0v) is 23.4. The second-order valence-corrected chi connectivity index (χ2v) is 11.4. The Morgan fingerprint density at radius 2 is 1.90 bits per heavy atom. The first-order valence-electron chi connectivity index (χ1n) is 17.3. The van der Waals surface area contributed by atoms with Crippen LogP contribution in [0.25, 0.3) is 16.6 Å². The molecule has 4 aromatic rings. The molecule has 2 aromatic heterocycles. The highest BCUT2D eigenvalue weighted by atomic mass is 35.5. The molecule has 41 heavy (non-hydrogen) atoms. The summed E-state index contributed by atoms with van der Waals surface area (Å²) in [5, 5.41) is 11.1. The van der Waals surface area contributed by atoms with Gasteiger partial charge in [0.25, 0.3) is 0 Å². The van der Waals surface area contributed by atoms with Gasteiger partial charge in [-0.1, -0.05) is 43.2 Å². The van der Waals surface area contributed by atoms with Crippen molar-refractivity contribution in [1.29, 1.82) is 0 Å². The lowest BCUT2D eigenvalue weighted by Crippen LogP contribution is -2.47. The molecule has 0 atom stereocenters. The SMILES string of the molecule is [2H]C1([2H])N(CC2=C(c3ccc(Cl)cc3)CC(C)(C)CC2)C([2H])([2H])C([2H])([2H])N(c2ccc(C(=O)O)c(Oc3cnc4[nH]ccc4c3)c2)C1([2H])[2H]. The van der Waals surface area contributed by atoms with Crippen LogP contribution in [-0.2, 0) is 0 Å². The van der Waals surface area contributed by atoms with E-state index < -0.39 is 32.0 Å². The standard InChI is InChI=1S/C33H35ClN4O3/c1-33(2)11-9-24(29(19-33)22-3-5-25(34)6-4-22)21-37-13-15-38(16-14-37)26-7-8-28(32(39)40)30(18-26)41-27-17-23-10-12-35-31(23)36-20-27/h3-8,10,12,17-18,20H,9,11,13-16,19,21H2,1-2H3,(H,35,36)(H,39,40)/i13D2,14D2,15D2,16D2. The Labute approximate surface area is 256 Å². The van der Waals surface area contributed by atoms with Crippen LogP contribution < -0.4 is 9.64 Å².